The van der Waals surface area contributed by atoms with E-state index in [1.165, 1.54) is 12.3 Å². The van der Waals surface area contributed by atoms with E-state index in [2.05, 4.69) is 15.4 Å². The van der Waals surface area contributed by atoms with Crippen molar-refractivity contribution < 1.29 is 10.2 Å². The van der Waals surface area contributed by atoms with Gasteiger partial charge in [0.1, 0.15) is 5.69 Å². The van der Waals surface area contributed by atoms with Crippen LogP contribution in [0.4, 0.5) is 0 Å². The van der Waals surface area contributed by atoms with Gasteiger partial charge in [0.25, 0.3) is 0 Å². The van der Waals surface area contributed by atoms with Gasteiger partial charge < -0.3 is 10.2 Å². The highest BCUT2D eigenvalue weighted by Gasteiger charge is 2.08. The van der Waals surface area contributed by atoms with Crippen LogP contribution in [0.2, 0.25) is 0 Å². The number of hydrogen-bond donors (Lipinski definition) is 2. The third-order valence-corrected chi connectivity index (χ3v) is 1.79. The zero-order valence-corrected chi connectivity index (χ0v) is 7.12. The Morgan fingerprint density at radius 1 is 1.07 bits per heavy atom. The van der Waals surface area contributed by atoms with Gasteiger partial charge in [0.15, 0.2) is 11.5 Å². The Bertz CT molecular complexity index is 445. The van der Waals surface area contributed by atoms with E-state index in [1.54, 1.807) is 18.2 Å². The van der Waals surface area contributed by atoms with Gasteiger partial charge in [-0.3, -0.25) is 0 Å². The van der Waals surface area contributed by atoms with Crippen LogP contribution < -0.4 is 0 Å². The number of nitrogens with zero attached hydrogens (tertiary/aromatic N) is 3. The van der Waals surface area contributed by atoms with Gasteiger partial charge in [0, 0.05) is 5.56 Å². The van der Waals surface area contributed by atoms with Crippen molar-refractivity contribution in [3.8, 4) is 22.8 Å². The summed E-state index contributed by atoms with van der Waals surface area (Å²) in [6, 6.07) is 6.25. The summed E-state index contributed by atoms with van der Waals surface area (Å²) in [5, 5.41) is 29.4. The standard InChI is InChI=1S/C9H7N3O2/c13-8-3-1-2-6(9(8)14)7-4-5-10-12-11-7/h1-5,13-14H. The van der Waals surface area contributed by atoms with Crippen molar-refractivity contribution in [2.24, 2.45) is 0 Å². The summed E-state index contributed by atoms with van der Waals surface area (Å²) in [7, 11) is 0. The number of rotatable bonds is 1. The highest BCUT2D eigenvalue weighted by molar-refractivity contribution is 5.69. The van der Waals surface area contributed by atoms with Crippen LogP contribution in [0.5, 0.6) is 11.5 Å². The van der Waals surface area contributed by atoms with Gasteiger partial charge in [-0.1, -0.05) is 6.07 Å². The number of para-hydroxylation sites is 1. The monoisotopic (exact) mass is 189 g/mol. The molecule has 14 heavy (non-hydrogen) atoms. The summed E-state index contributed by atoms with van der Waals surface area (Å²) < 4.78 is 0. The Morgan fingerprint density at radius 2 is 1.93 bits per heavy atom. The fourth-order valence-corrected chi connectivity index (χ4v) is 1.12. The van der Waals surface area contributed by atoms with E-state index < -0.39 is 0 Å². The predicted octanol–water partition coefficient (Wildman–Crippen LogP) is 0.950. The SMILES string of the molecule is Oc1cccc(-c2ccnnn2)c1O. The molecular formula is C9H7N3O2. The average Bonchev–Trinajstić information content (AvgIpc) is 2.23. The molecule has 0 unspecified atom stereocenters. The minimum absolute atomic E-state index is 0.180. The normalized spacial score (nSPS) is 10.0. The topological polar surface area (TPSA) is 79.1 Å². The quantitative estimate of drug-likeness (QED) is 0.653. The molecular weight excluding hydrogens is 182 g/mol. The van der Waals surface area contributed by atoms with Crippen LogP contribution in [0, 0.1) is 0 Å². The smallest absolute Gasteiger partial charge is 0.167 e. The summed E-state index contributed by atoms with van der Waals surface area (Å²) in [6.07, 6.45) is 1.46. The molecule has 0 bridgehead atoms. The fourth-order valence-electron chi connectivity index (χ4n) is 1.12. The molecule has 0 aliphatic rings. The lowest BCUT2D eigenvalue weighted by molar-refractivity contribution is 0.405. The zero-order valence-electron chi connectivity index (χ0n) is 7.12. The molecule has 0 amide bonds. The molecule has 0 fully saturated rings. The first-order valence-electron chi connectivity index (χ1n) is 3.95. The molecule has 1 aromatic carbocycles. The molecule has 0 saturated heterocycles. The summed E-state index contributed by atoms with van der Waals surface area (Å²) in [5.41, 5.74) is 0.897. The number of benzene rings is 1. The molecule has 0 saturated carbocycles. The molecule has 0 spiro atoms. The fraction of sp³-hybridized carbons (Fsp3) is 0. The molecule has 2 aromatic rings. The molecule has 0 aliphatic carbocycles. The minimum Gasteiger partial charge on any atom is -0.504 e. The second-order valence-corrected chi connectivity index (χ2v) is 2.68. The van der Waals surface area contributed by atoms with Gasteiger partial charge in [-0.05, 0) is 23.4 Å². The van der Waals surface area contributed by atoms with Crippen LogP contribution in [-0.4, -0.2) is 25.6 Å². The van der Waals surface area contributed by atoms with E-state index in [4.69, 9.17) is 0 Å². The molecule has 1 aromatic heterocycles. The van der Waals surface area contributed by atoms with Crippen molar-refractivity contribution in [1.29, 1.82) is 0 Å². The maximum absolute atomic E-state index is 9.51. The van der Waals surface area contributed by atoms with E-state index in [-0.39, 0.29) is 11.5 Å². The van der Waals surface area contributed by atoms with Crippen LogP contribution in [0.15, 0.2) is 30.5 Å². The molecule has 2 rings (SSSR count). The van der Waals surface area contributed by atoms with Gasteiger partial charge in [-0.2, -0.15) is 0 Å². The number of aromatic nitrogens is 3. The third-order valence-electron chi connectivity index (χ3n) is 1.79. The van der Waals surface area contributed by atoms with Gasteiger partial charge >= 0.3 is 0 Å². The second-order valence-electron chi connectivity index (χ2n) is 2.68. The Kier molecular flexibility index (Phi) is 1.98. The number of aromatic hydroxyl groups is 2. The van der Waals surface area contributed by atoms with Crippen molar-refractivity contribution >= 4 is 0 Å². The first-order chi connectivity index (χ1) is 6.79. The van der Waals surface area contributed by atoms with Crippen LogP contribution >= 0.6 is 0 Å². The number of phenolic OH excluding ortho intramolecular Hbond substituents is 2. The lowest BCUT2D eigenvalue weighted by Gasteiger charge is -2.03. The Labute approximate surface area is 79.7 Å². The first kappa shape index (κ1) is 8.43. The maximum atomic E-state index is 9.51. The van der Waals surface area contributed by atoms with E-state index in [9.17, 15) is 10.2 Å². The van der Waals surface area contributed by atoms with Crippen molar-refractivity contribution in [3.63, 3.8) is 0 Å². The van der Waals surface area contributed by atoms with Crippen molar-refractivity contribution in [1.82, 2.24) is 15.4 Å². The summed E-state index contributed by atoms with van der Waals surface area (Å²) in [6.45, 7) is 0. The highest BCUT2D eigenvalue weighted by atomic mass is 16.3. The molecule has 0 radical (unpaired) electrons. The minimum atomic E-state index is -0.201. The lowest BCUT2D eigenvalue weighted by Crippen LogP contribution is -1.89. The predicted molar refractivity (Wildman–Crippen MR) is 48.6 cm³/mol. The van der Waals surface area contributed by atoms with E-state index >= 15 is 0 Å². The van der Waals surface area contributed by atoms with Crippen molar-refractivity contribution in [2.75, 3.05) is 0 Å². The number of hydrogen-bond acceptors (Lipinski definition) is 5. The average molecular weight is 189 g/mol. The van der Waals surface area contributed by atoms with E-state index in [0.717, 1.165) is 0 Å². The first-order valence-corrected chi connectivity index (χ1v) is 3.95. The summed E-state index contributed by atoms with van der Waals surface area (Å²) in [4.78, 5) is 0. The molecule has 70 valence electrons. The molecule has 2 N–H and O–H groups in total. The molecule has 5 nitrogen and oxygen atoms in total. The van der Waals surface area contributed by atoms with Gasteiger partial charge in [0.2, 0.25) is 0 Å². The van der Waals surface area contributed by atoms with E-state index in [0.29, 0.717) is 11.3 Å². The van der Waals surface area contributed by atoms with E-state index in [1.807, 2.05) is 0 Å². The van der Waals surface area contributed by atoms with Crippen molar-refractivity contribution in [2.45, 2.75) is 0 Å². The Morgan fingerprint density at radius 3 is 2.64 bits per heavy atom. The molecule has 1 heterocycles. The second kappa shape index (κ2) is 3.29. The summed E-state index contributed by atoms with van der Waals surface area (Å²) in [5.74, 6) is -0.380. The van der Waals surface area contributed by atoms with Crippen LogP contribution in [-0.2, 0) is 0 Å². The van der Waals surface area contributed by atoms with Crippen LogP contribution in [0.25, 0.3) is 11.3 Å². The molecule has 5 heteroatoms. The van der Waals surface area contributed by atoms with Crippen LogP contribution in [0.1, 0.15) is 0 Å². The van der Waals surface area contributed by atoms with Gasteiger partial charge in [-0.25, -0.2) is 0 Å². The maximum Gasteiger partial charge on any atom is 0.167 e. The van der Waals surface area contributed by atoms with Gasteiger partial charge in [0.05, 0.1) is 6.20 Å². The Hall–Kier alpha value is -2.17. The highest BCUT2D eigenvalue weighted by Crippen LogP contribution is 2.34. The number of phenols is 2. The third kappa shape index (κ3) is 1.35. The molecule has 0 atom stereocenters. The van der Waals surface area contributed by atoms with Gasteiger partial charge in [-0.15, -0.1) is 10.2 Å². The van der Waals surface area contributed by atoms with Crippen LogP contribution in [0.3, 0.4) is 0 Å². The van der Waals surface area contributed by atoms with Crippen molar-refractivity contribution in [3.05, 3.63) is 30.5 Å². The largest absolute Gasteiger partial charge is 0.504 e. The summed E-state index contributed by atoms with van der Waals surface area (Å²) >= 11 is 0. The zero-order chi connectivity index (χ0) is 9.97. The lowest BCUT2D eigenvalue weighted by atomic mass is 10.1. The molecule has 0 aliphatic heterocycles. The Balaban J connectivity index is 2.58.